The summed E-state index contributed by atoms with van der Waals surface area (Å²) in [5, 5.41) is 3.02. The standard InChI is InChI=1S/C19H25IN2O2/c1-3-4-14-16(15(17(21)23)11(2)19(14)9-10-19)18(24)22-13-7-5-12(20)6-8-13/h5-8,11,14-16H,3-4,9-10H2,1-2H3,(H2,21,23)(H,22,24). The quantitative estimate of drug-likeness (QED) is 0.684. The molecule has 4 nitrogen and oxygen atoms in total. The number of benzene rings is 1. The number of hydrogen-bond donors (Lipinski definition) is 2. The first-order valence-corrected chi connectivity index (χ1v) is 9.84. The van der Waals surface area contributed by atoms with Gasteiger partial charge in [-0.2, -0.15) is 0 Å². The molecular weight excluding hydrogens is 415 g/mol. The lowest BCUT2D eigenvalue weighted by molar-refractivity contribution is -0.131. The molecule has 1 spiro atoms. The minimum atomic E-state index is -0.354. The lowest BCUT2D eigenvalue weighted by atomic mass is 9.81. The third-order valence-electron chi connectivity index (χ3n) is 6.17. The van der Waals surface area contributed by atoms with Crippen LogP contribution in [0.4, 0.5) is 5.69 Å². The summed E-state index contributed by atoms with van der Waals surface area (Å²) in [6, 6.07) is 7.73. The Morgan fingerprint density at radius 2 is 1.88 bits per heavy atom. The van der Waals surface area contributed by atoms with Crippen LogP contribution in [0.25, 0.3) is 0 Å². The third kappa shape index (κ3) is 2.95. The summed E-state index contributed by atoms with van der Waals surface area (Å²) in [7, 11) is 0. The lowest BCUT2D eigenvalue weighted by Crippen LogP contribution is -2.38. The van der Waals surface area contributed by atoms with Crippen molar-refractivity contribution in [2.75, 3.05) is 5.32 Å². The highest BCUT2D eigenvalue weighted by atomic mass is 127. The highest BCUT2D eigenvalue weighted by molar-refractivity contribution is 14.1. The van der Waals surface area contributed by atoms with E-state index in [0.717, 1.165) is 34.9 Å². The van der Waals surface area contributed by atoms with Gasteiger partial charge in [-0.3, -0.25) is 9.59 Å². The molecule has 0 saturated heterocycles. The predicted molar refractivity (Wildman–Crippen MR) is 103 cm³/mol. The maximum Gasteiger partial charge on any atom is 0.228 e. The predicted octanol–water partition coefficient (Wildman–Crippen LogP) is 3.79. The van der Waals surface area contributed by atoms with E-state index in [1.807, 2.05) is 24.3 Å². The molecule has 1 aromatic rings. The molecule has 24 heavy (non-hydrogen) atoms. The number of primary amides is 1. The first-order chi connectivity index (χ1) is 11.4. The largest absolute Gasteiger partial charge is 0.369 e. The van der Waals surface area contributed by atoms with E-state index >= 15 is 0 Å². The van der Waals surface area contributed by atoms with Gasteiger partial charge in [0, 0.05) is 9.26 Å². The number of amides is 2. The fraction of sp³-hybridized carbons (Fsp3) is 0.579. The molecule has 4 atom stereocenters. The van der Waals surface area contributed by atoms with Gasteiger partial charge in [0.25, 0.3) is 0 Å². The van der Waals surface area contributed by atoms with E-state index in [2.05, 4.69) is 41.8 Å². The first-order valence-electron chi connectivity index (χ1n) is 8.76. The zero-order valence-corrected chi connectivity index (χ0v) is 16.4. The van der Waals surface area contributed by atoms with Gasteiger partial charge in [-0.25, -0.2) is 0 Å². The van der Waals surface area contributed by atoms with Crippen LogP contribution in [0.5, 0.6) is 0 Å². The van der Waals surface area contributed by atoms with Crippen molar-refractivity contribution in [2.45, 2.75) is 39.5 Å². The van der Waals surface area contributed by atoms with Crippen molar-refractivity contribution in [1.29, 1.82) is 0 Å². The smallest absolute Gasteiger partial charge is 0.228 e. The molecule has 0 radical (unpaired) electrons. The Labute approximate surface area is 157 Å². The van der Waals surface area contributed by atoms with E-state index < -0.39 is 0 Å². The van der Waals surface area contributed by atoms with Crippen molar-refractivity contribution in [3.05, 3.63) is 27.8 Å². The zero-order chi connectivity index (χ0) is 17.5. The summed E-state index contributed by atoms with van der Waals surface area (Å²) in [6.07, 6.45) is 4.25. The molecule has 4 unspecified atom stereocenters. The van der Waals surface area contributed by atoms with E-state index in [9.17, 15) is 9.59 Å². The van der Waals surface area contributed by atoms with Crippen LogP contribution in [0, 0.1) is 32.7 Å². The monoisotopic (exact) mass is 440 g/mol. The van der Waals surface area contributed by atoms with Gasteiger partial charge in [0.05, 0.1) is 11.8 Å². The van der Waals surface area contributed by atoms with Crippen molar-refractivity contribution in [1.82, 2.24) is 0 Å². The zero-order valence-electron chi connectivity index (χ0n) is 14.2. The van der Waals surface area contributed by atoms with Crippen molar-refractivity contribution in [2.24, 2.45) is 34.8 Å². The Kier molecular flexibility index (Phi) is 4.91. The van der Waals surface area contributed by atoms with Crippen LogP contribution >= 0.6 is 22.6 Å². The minimum absolute atomic E-state index is 0.0471. The second-order valence-corrected chi connectivity index (χ2v) is 8.61. The number of nitrogens with one attached hydrogen (secondary N) is 1. The van der Waals surface area contributed by atoms with Crippen LogP contribution in [0.15, 0.2) is 24.3 Å². The van der Waals surface area contributed by atoms with E-state index in [1.165, 1.54) is 0 Å². The third-order valence-corrected chi connectivity index (χ3v) is 6.89. The number of hydrogen-bond acceptors (Lipinski definition) is 2. The van der Waals surface area contributed by atoms with Gasteiger partial charge in [-0.15, -0.1) is 0 Å². The van der Waals surface area contributed by atoms with E-state index in [4.69, 9.17) is 5.73 Å². The van der Waals surface area contributed by atoms with Crippen LogP contribution in [-0.2, 0) is 9.59 Å². The van der Waals surface area contributed by atoms with Gasteiger partial charge in [-0.05, 0) is 83.4 Å². The SMILES string of the molecule is CCCC1C(C(=O)Nc2ccc(I)cc2)C(C(N)=O)C(C)C12CC2. The van der Waals surface area contributed by atoms with E-state index in [0.29, 0.717) is 0 Å². The molecule has 2 aliphatic carbocycles. The Balaban J connectivity index is 1.87. The summed E-state index contributed by atoms with van der Waals surface area (Å²) < 4.78 is 1.12. The molecule has 2 amide bonds. The Bertz CT molecular complexity index is 639. The number of rotatable bonds is 5. The molecule has 3 N–H and O–H groups in total. The van der Waals surface area contributed by atoms with Gasteiger partial charge < -0.3 is 11.1 Å². The fourth-order valence-corrected chi connectivity index (χ4v) is 5.25. The summed E-state index contributed by atoms with van der Waals surface area (Å²) in [4.78, 5) is 25.2. The van der Waals surface area contributed by atoms with Crippen molar-refractivity contribution >= 4 is 40.1 Å². The molecule has 0 heterocycles. The van der Waals surface area contributed by atoms with Gasteiger partial charge in [0.15, 0.2) is 0 Å². The van der Waals surface area contributed by atoms with Crippen molar-refractivity contribution < 1.29 is 9.59 Å². The van der Waals surface area contributed by atoms with Gasteiger partial charge >= 0.3 is 0 Å². The lowest BCUT2D eigenvalue weighted by Gasteiger charge is -2.25. The summed E-state index contributed by atoms with van der Waals surface area (Å²) in [5.41, 5.74) is 6.65. The highest BCUT2D eigenvalue weighted by Crippen LogP contribution is 2.69. The first kappa shape index (κ1) is 17.7. The van der Waals surface area contributed by atoms with Gasteiger partial charge in [-0.1, -0.05) is 20.3 Å². The van der Waals surface area contributed by atoms with Gasteiger partial charge in [0.2, 0.25) is 11.8 Å². The Morgan fingerprint density at radius 1 is 1.25 bits per heavy atom. The molecule has 5 heteroatoms. The number of carbonyl (C=O) groups is 2. The van der Waals surface area contributed by atoms with Crippen LogP contribution in [0.2, 0.25) is 0 Å². The summed E-state index contributed by atoms with van der Waals surface area (Å²) in [5.74, 6) is -0.575. The molecule has 1 aromatic carbocycles. The average molecular weight is 440 g/mol. The second-order valence-electron chi connectivity index (χ2n) is 7.37. The Hall–Kier alpha value is -1.11. The molecule has 2 saturated carbocycles. The summed E-state index contributed by atoms with van der Waals surface area (Å²) >= 11 is 2.24. The maximum absolute atomic E-state index is 13.0. The van der Waals surface area contributed by atoms with Crippen molar-refractivity contribution in [3.63, 3.8) is 0 Å². The van der Waals surface area contributed by atoms with Gasteiger partial charge in [0.1, 0.15) is 0 Å². The molecule has 130 valence electrons. The molecule has 0 bridgehead atoms. The van der Waals surface area contributed by atoms with E-state index in [1.54, 1.807) is 0 Å². The topological polar surface area (TPSA) is 72.2 Å². The normalized spacial score (nSPS) is 30.3. The number of halogens is 1. The van der Waals surface area contributed by atoms with Crippen molar-refractivity contribution in [3.8, 4) is 0 Å². The summed E-state index contributed by atoms with van der Waals surface area (Å²) in [6.45, 7) is 4.26. The molecule has 3 rings (SSSR count). The molecule has 0 aliphatic heterocycles. The van der Waals surface area contributed by atoms with Crippen LogP contribution < -0.4 is 11.1 Å². The average Bonchev–Trinajstić information content (AvgIpc) is 3.29. The molecule has 2 fully saturated rings. The molecular formula is C19H25IN2O2. The minimum Gasteiger partial charge on any atom is -0.369 e. The number of carbonyl (C=O) groups excluding carboxylic acids is 2. The van der Waals surface area contributed by atoms with Crippen LogP contribution in [0.1, 0.15) is 39.5 Å². The fourth-order valence-electron chi connectivity index (χ4n) is 4.89. The molecule has 0 aromatic heterocycles. The second kappa shape index (κ2) is 6.65. The Morgan fingerprint density at radius 3 is 2.38 bits per heavy atom. The molecule has 2 aliphatic rings. The maximum atomic E-state index is 13.0. The van der Waals surface area contributed by atoms with Crippen LogP contribution in [0.3, 0.4) is 0 Å². The highest BCUT2D eigenvalue weighted by Gasteiger charge is 2.66. The number of nitrogens with two attached hydrogens (primary N) is 1. The van der Waals surface area contributed by atoms with E-state index in [-0.39, 0.29) is 40.9 Å². The number of anilines is 1. The van der Waals surface area contributed by atoms with Crippen LogP contribution in [-0.4, -0.2) is 11.8 Å².